The van der Waals surface area contributed by atoms with E-state index in [1.807, 2.05) is 0 Å². The number of aryl methyl sites for hydroxylation is 1. The van der Waals surface area contributed by atoms with E-state index in [2.05, 4.69) is 15.3 Å². The van der Waals surface area contributed by atoms with E-state index in [9.17, 15) is 14.9 Å². The first kappa shape index (κ1) is 14.9. The first-order valence-electron chi connectivity index (χ1n) is 6.00. The summed E-state index contributed by atoms with van der Waals surface area (Å²) in [6.45, 7) is 2.24. The van der Waals surface area contributed by atoms with Crippen LogP contribution in [0.25, 0.3) is 0 Å². The van der Waals surface area contributed by atoms with Gasteiger partial charge in [0.15, 0.2) is 5.69 Å². The third kappa shape index (κ3) is 3.72. The minimum absolute atomic E-state index is 0.0413. The summed E-state index contributed by atoms with van der Waals surface area (Å²) in [6, 6.07) is 1.45. The number of nitrogens with zero attached hydrogens (tertiary/aromatic N) is 3. The van der Waals surface area contributed by atoms with Crippen LogP contribution < -0.4 is 5.32 Å². The number of carboxylic acids is 1. The maximum absolute atomic E-state index is 10.7. The highest BCUT2D eigenvalue weighted by Gasteiger charge is 2.10. The quantitative estimate of drug-likeness (QED) is 0.619. The fourth-order valence-electron chi connectivity index (χ4n) is 1.66. The number of aromatic nitrogens is 2. The van der Waals surface area contributed by atoms with Gasteiger partial charge in [0, 0.05) is 24.4 Å². The normalized spacial score (nSPS) is 10.3. The Balaban J connectivity index is 1.93. The second kappa shape index (κ2) is 6.27. The van der Waals surface area contributed by atoms with Gasteiger partial charge in [0.1, 0.15) is 12.0 Å². The van der Waals surface area contributed by atoms with E-state index in [-0.39, 0.29) is 11.4 Å². The summed E-state index contributed by atoms with van der Waals surface area (Å²) in [5.41, 5.74) is 0.665. The maximum atomic E-state index is 10.7. The Morgan fingerprint density at radius 1 is 1.57 bits per heavy atom. The van der Waals surface area contributed by atoms with E-state index >= 15 is 0 Å². The fourth-order valence-corrected chi connectivity index (χ4v) is 2.43. The molecule has 21 heavy (non-hydrogen) atoms. The molecule has 0 spiro atoms. The van der Waals surface area contributed by atoms with Crippen molar-refractivity contribution in [1.82, 2.24) is 9.97 Å². The number of thiazole rings is 1. The number of carboxylic acid groups (broad SMARTS) is 1. The smallest absolute Gasteiger partial charge is 0.355 e. The lowest BCUT2D eigenvalue weighted by Crippen LogP contribution is -2.08. The van der Waals surface area contributed by atoms with Crippen LogP contribution in [0.4, 0.5) is 11.5 Å². The molecule has 0 atom stereocenters. The van der Waals surface area contributed by atoms with Crippen molar-refractivity contribution in [3.63, 3.8) is 0 Å². The number of pyridine rings is 1. The van der Waals surface area contributed by atoms with E-state index < -0.39 is 10.9 Å². The molecule has 0 radical (unpaired) electrons. The molecule has 2 aromatic heterocycles. The summed E-state index contributed by atoms with van der Waals surface area (Å²) in [4.78, 5) is 28.8. The zero-order valence-electron chi connectivity index (χ0n) is 11.1. The lowest BCUT2D eigenvalue weighted by Gasteiger charge is -2.06. The summed E-state index contributed by atoms with van der Waals surface area (Å²) >= 11 is 1.28. The molecule has 0 aliphatic rings. The molecule has 0 unspecified atom stereocenters. The van der Waals surface area contributed by atoms with Gasteiger partial charge in [-0.05, 0) is 12.5 Å². The Bertz CT molecular complexity index is 686. The Morgan fingerprint density at radius 2 is 2.33 bits per heavy atom. The SMILES string of the molecule is Cc1cc([N+](=O)[O-])cnc1NCCc1nc(C(=O)O)cs1. The molecule has 110 valence electrons. The van der Waals surface area contributed by atoms with E-state index in [0.717, 1.165) is 0 Å². The number of nitrogens with one attached hydrogen (secondary N) is 1. The molecule has 0 fully saturated rings. The largest absolute Gasteiger partial charge is 0.476 e. The lowest BCUT2D eigenvalue weighted by atomic mass is 10.2. The molecule has 2 heterocycles. The van der Waals surface area contributed by atoms with Crippen LogP contribution in [0.5, 0.6) is 0 Å². The molecule has 2 rings (SSSR count). The first-order chi connectivity index (χ1) is 9.97. The van der Waals surface area contributed by atoms with E-state index in [1.165, 1.54) is 29.0 Å². The Hall–Kier alpha value is -2.55. The van der Waals surface area contributed by atoms with E-state index in [1.54, 1.807) is 6.92 Å². The second-order valence-electron chi connectivity index (χ2n) is 4.22. The highest BCUT2D eigenvalue weighted by molar-refractivity contribution is 7.09. The van der Waals surface area contributed by atoms with Crippen LogP contribution in [0.3, 0.4) is 0 Å². The van der Waals surface area contributed by atoms with E-state index in [4.69, 9.17) is 5.11 Å². The van der Waals surface area contributed by atoms with Crippen LogP contribution in [0.1, 0.15) is 21.1 Å². The highest BCUT2D eigenvalue weighted by atomic mass is 32.1. The number of nitro groups is 1. The zero-order chi connectivity index (χ0) is 15.4. The predicted octanol–water partition coefficient (Wildman–Crippen LogP) is 2.11. The van der Waals surface area contributed by atoms with Crippen molar-refractivity contribution in [1.29, 1.82) is 0 Å². The number of carbonyl (C=O) groups is 1. The highest BCUT2D eigenvalue weighted by Crippen LogP contribution is 2.18. The van der Waals surface area contributed by atoms with Gasteiger partial charge >= 0.3 is 5.97 Å². The molecule has 0 aliphatic heterocycles. The monoisotopic (exact) mass is 308 g/mol. The first-order valence-corrected chi connectivity index (χ1v) is 6.88. The van der Waals surface area contributed by atoms with Crippen LogP contribution in [0.15, 0.2) is 17.6 Å². The minimum Gasteiger partial charge on any atom is -0.476 e. The summed E-state index contributed by atoms with van der Waals surface area (Å²) in [6.07, 6.45) is 1.75. The number of hydrogen-bond acceptors (Lipinski definition) is 7. The zero-order valence-corrected chi connectivity index (χ0v) is 11.9. The number of hydrogen-bond donors (Lipinski definition) is 2. The average Bonchev–Trinajstić information content (AvgIpc) is 2.89. The van der Waals surface area contributed by atoms with Gasteiger partial charge in [0.05, 0.1) is 9.93 Å². The van der Waals surface area contributed by atoms with Gasteiger partial charge in [-0.1, -0.05) is 0 Å². The number of aromatic carboxylic acids is 1. The molecule has 2 N–H and O–H groups in total. The van der Waals surface area contributed by atoms with Crippen molar-refractivity contribution in [3.05, 3.63) is 44.0 Å². The third-order valence-electron chi connectivity index (χ3n) is 2.68. The van der Waals surface area contributed by atoms with Crippen LogP contribution in [-0.2, 0) is 6.42 Å². The summed E-state index contributed by atoms with van der Waals surface area (Å²) in [5.74, 6) is -0.478. The molecule has 0 aromatic carbocycles. The Labute approximate surface area is 123 Å². The van der Waals surface area contributed by atoms with Gasteiger partial charge in [0.2, 0.25) is 0 Å². The fraction of sp³-hybridized carbons (Fsp3) is 0.250. The van der Waals surface area contributed by atoms with Crippen LogP contribution in [0.2, 0.25) is 0 Å². The third-order valence-corrected chi connectivity index (χ3v) is 3.59. The molecule has 0 bridgehead atoms. The van der Waals surface area contributed by atoms with Gasteiger partial charge < -0.3 is 10.4 Å². The van der Waals surface area contributed by atoms with Crippen molar-refractivity contribution in [2.24, 2.45) is 0 Å². The molecule has 9 heteroatoms. The minimum atomic E-state index is -1.04. The van der Waals surface area contributed by atoms with Gasteiger partial charge in [0.25, 0.3) is 5.69 Å². The van der Waals surface area contributed by atoms with Gasteiger partial charge in [-0.3, -0.25) is 10.1 Å². The molecular weight excluding hydrogens is 296 g/mol. The molecule has 0 aliphatic carbocycles. The number of rotatable bonds is 6. The summed E-state index contributed by atoms with van der Waals surface area (Å²) in [7, 11) is 0. The topological polar surface area (TPSA) is 118 Å². The summed E-state index contributed by atoms with van der Waals surface area (Å²) in [5, 5.41) is 24.6. The Morgan fingerprint density at radius 3 is 2.90 bits per heavy atom. The molecule has 8 nitrogen and oxygen atoms in total. The van der Waals surface area contributed by atoms with Crippen LogP contribution >= 0.6 is 11.3 Å². The second-order valence-corrected chi connectivity index (χ2v) is 5.17. The summed E-state index contributed by atoms with van der Waals surface area (Å²) < 4.78 is 0. The standard InChI is InChI=1S/C12H12N4O4S/c1-7-4-8(16(19)20)5-14-11(7)13-3-2-10-15-9(6-21-10)12(17)18/h4-6H,2-3H2,1H3,(H,13,14)(H,17,18). The van der Waals surface area contributed by atoms with Crippen LogP contribution in [-0.4, -0.2) is 32.5 Å². The van der Waals surface area contributed by atoms with Crippen molar-refractivity contribution >= 4 is 28.8 Å². The van der Waals surface area contributed by atoms with Gasteiger partial charge in [-0.15, -0.1) is 11.3 Å². The lowest BCUT2D eigenvalue weighted by molar-refractivity contribution is -0.385. The average molecular weight is 308 g/mol. The van der Waals surface area contributed by atoms with E-state index in [0.29, 0.717) is 29.4 Å². The van der Waals surface area contributed by atoms with Crippen molar-refractivity contribution in [2.75, 3.05) is 11.9 Å². The van der Waals surface area contributed by atoms with Gasteiger partial charge in [-0.25, -0.2) is 14.8 Å². The maximum Gasteiger partial charge on any atom is 0.355 e. The molecule has 2 aromatic rings. The van der Waals surface area contributed by atoms with Crippen molar-refractivity contribution < 1.29 is 14.8 Å². The molecule has 0 amide bonds. The number of anilines is 1. The molecular formula is C12H12N4O4S. The van der Waals surface area contributed by atoms with Crippen molar-refractivity contribution in [2.45, 2.75) is 13.3 Å². The Kier molecular flexibility index (Phi) is 4.43. The molecule has 0 saturated heterocycles. The molecule has 0 saturated carbocycles. The van der Waals surface area contributed by atoms with Crippen LogP contribution in [0, 0.1) is 17.0 Å². The predicted molar refractivity (Wildman–Crippen MR) is 76.9 cm³/mol. The van der Waals surface area contributed by atoms with Gasteiger partial charge in [-0.2, -0.15) is 0 Å². The van der Waals surface area contributed by atoms with Crippen molar-refractivity contribution in [3.8, 4) is 0 Å².